The van der Waals surface area contributed by atoms with Crippen LogP contribution >= 0.6 is 0 Å². The fourth-order valence-corrected chi connectivity index (χ4v) is 1.61. The zero-order valence-corrected chi connectivity index (χ0v) is 10.2. The molecule has 0 aromatic carbocycles. The van der Waals surface area contributed by atoms with E-state index in [1.807, 2.05) is 20.8 Å². The largest absolute Gasteiger partial charge is 0.444 e. The van der Waals surface area contributed by atoms with Crippen LogP contribution in [0.1, 0.15) is 33.6 Å². The quantitative estimate of drug-likeness (QED) is 0.507. The van der Waals surface area contributed by atoms with Gasteiger partial charge in [0.15, 0.2) is 0 Å². The zero-order valence-electron chi connectivity index (χ0n) is 10.2. The summed E-state index contributed by atoms with van der Waals surface area (Å²) in [6.07, 6.45) is 3.78. The standard InChI is InChI=1S/C12H19NO3/c1-12(2,3)16-11(15)13-7-4-5-10(9-13)6-8-14/h6,8H,4-5,7,9H2,1-3H3/b10-6+. The molecule has 1 aliphatic heterocycles. The molecule has 1 amide bonds. The van der Waals surface area contributed by atoms with Gasteiger partial charge in [0.2, 0.25) is 0 Å². The van der Waals surface area contributed by atoms with E-state index < -0.39 is 5.60 Å². The van der Waals surface area contributed by atoms with Crippen molar-refractivity contribution < 1.29 is 14.3 Å². The van der Waals surface area contributed by atoms with E-state index in [4.69, 9.17) is 4.74 Å². The Kier molecular flexibility index (Phi) is 4.10. The fraction of sp³-hybridized carbons (Fsp3) is 0.667. The van der Waals surface area contributed by atoms with Crippen molar-refractivity contribution in [2.75, 3.05) is 13.1 Å². The number of carbonyl (C=O) groups is 2. The summed E-state index contributed by atoms with van der Waals surface area (Å²) in [6, 6.07) is 0. The molecule has 1 aliphatic rings. The maximum absolute atomic E-state index is 11.8. The summed E-state index contributed by atoms with van der Waals surface area (Å²) in [5.41, 5.74) is 0.524. The van der Waals surface area contributed by atoms with Gasteiger partial charge in [0.05, 0.1) is 0 Å². The van der Waals surface area contributed by atoms with E-state index in [1.165, 1.54) is 6.08 Å². The number of rotatable bonds is 1. The van der Waals surface area contributed by atoms with Crippen LogP contribution < -0.4 is 0 Å². The molecule has 0 aromatic heterocycles. The molecule has 0 aliphatic carbocycles. The topological polar surface area (TPSA) is 46.6 Å². The molecule has 0 aromatic rings. The normalized spacial score (nSPS) is 19.7. The molecule has 0 saturated carbocycles. The highest BCUT2D eigenvalue weighted by molar-refractivity contribution is 5.70. The second-order valence-corrected chi connectivity index (χ2v) is 4.97. The second kappa shape index (κ2) is 5.14. The third-order valence-electron chi connectivity index (χ3n) is 2.28. The first-order valence-corrected chi connectivity index (χ1v) is 5.53. The smallest absolute Gasteiger partial charge is 0.410 e. The van der Waals surface area contributed by atoms with Gasteiger partial charge in [-0.1, -0.05) is 0 Å². The zero-order chi connectivity index (χ0) is 12.2. The average molecular weight is 225 g/mol. The first kappa shape index (κ1) is 12.7. The first-order valence-electron chi connectivity index (χ1n) is 5.53. The molecule has 1 rings (SSSR count). The third-order valence-corrected chi connectivity index (χ3v) is 2.28. The lowest BCUT2D eigenvalue weighted by atomic mass is 10.1. The van der Waals surface area contributed by atoms with Crippen LogP contribution in [0.15, 0.2) is 11.6 Å². The summed E-state index contributed by atoms with van der Waals surface area (Å²) in [6.45, 7) is 6.74. The Morgan fingerprint density at radius 3 is 2.69 bits per heavy atom. The third kappa shape index (κ3) is 4.04. The van der Waals surface area contributed by atoms with Gasteiger partial charge in [0.25, 0.3) is 0 Å². The van der Waals surface area contributed by atoms with Gasteiger partial charge < -0.3 is 9.64 Å². The van der Waals surface area contributed by atoms with Gasteiger partial charge >= 0.3 is 6.09 Å². The Hall–Kier alpha value is -1.32. The van der Waals surface area contributed by atoms with Crippen LogP contribution in [-0.2, 0) is 9.53 Å². The summed E-state index contributed by atoms with van der Waals surface area (Å²) < 4.78 is 5.28. The van der Waals surface area contributed by atoms with Crippen LogP contribution in [0.3, 0.4) is 0 Å². The van der Waals surface area contributed by atoms with Crippen LogP contribution in [0.25, 0.3) is 0 Å². The van der Waals surface area contributed by atoms with Crippen molar-refractivity contribution in [1.82, 2.24) is 4.90 Å². The Balaban J connectivity index is 2.57. The highest BCUT2D eigenvalue weighted by Gasteiger charge is 2.24. The van der Waals surface area contributed by atoms with Gasteiger partial charge in [-0.05, 0) is 45.3 Å². The van der Waals surface area contributed by atoms with Crippen molar-refractivity contribution in [3.05, 3.63) is 11.6 Å². The van der Waals surface area contributed by atoms with Crippen molar-refractivity contribution in [3.8, 4) is 0 Å². The molecule has 0 bridgehead atoms. The number of nitrogens with zero attached hydrogens (tertiary/aromatic N) is 1. The molecule has 1 saturated heterocycles. The van der Waals surface area contributed by atoms with Crippen molar-refractivity contribution in [1.29, 1.82) is 0 Å². The molecular formula is C12H19NO3. The van der Waals surface area contributed by atoms with Gasteiger partial charge in [-0.3, -0.25) is 4.79 Å². The minimum atomic E-state index is -0.469. The van der Waals surface area contributed by atoms with Crippen LogP contribution in [-0.4, -0.2) is 36.0 Å². The molecule has 0 atom stereocenters. The van der Waals surface area contributed by atoms with E-state index in [-0.39, 0.29) is 6.09 Å². The summed E-state index contributed by atoms with van der Waals surface area (Å²) in [7, 11) is 0. The predicted octanol–water partition coefficient (Wildman–Crippen LogP) is 2.14. The van der Waals surface area contributed by atoms with Crippen LogP contribution in [0.4, 0.5) is 4.79 Å². The number of allylic oxidation sites excluding steroid dienone is 1. The number of carbonyl (C=O) groups excluding carboxylic acids is 2. The van der Waals surface area contributed by atoms with Crippen LogP contribution in [0, 0.1) is 0 Å². The number of likely N-dealkylation sites (tertiary alicyclic amines) is 1. The summed E-state index contributed by atoms with van der Waals surface area (Å²) in [5.74, 6) is 0. The maximum Gasteiger partial charge on any atom is 0.410 e. The van der Waals surface area contributed by atoms with E-state index in [2.05, 4.69) is 0 Å². The molecule has 90 valence electrons. The number of piperidine rings is 1. The van der Waals surface area contributed by atoms with E-state index in [9.17, 15) is 9.59 Å². The second-order valence-electron chi connectivity index (χ2n) is 4.97. The predicted molar refractivity (Wildman–Crippen MR) is 61.2 cm³/mol. The van der Waals surface area contributed by atoms with E-state index in [0.29, 0.717) is 13.1 Å². The van der Waals surface area contributed by atoms with Gasteiger partial charge in [0.1, 0.15) is 11.9 Å². The maximum atomic E-state index is 11.8. The lowest BCUT2D eigenvalue weighted by Gasteiger charge is -2.31. The molecule has 0 radical (unpaired) electrons. The van der Waals surface area contributed by atoms with Gasteiger partial charge in [-0.2, -0.15) is 0 Å². The van der Waals surface area contributed by atoms with Gasteiger partial charge in [-0.25, -0.2) is 4.79 Å². The SMILES string of the molecule is CC(C)(C)OC(=O)N1CCC/C(=C\C=O)C1. The Morgan fingerprint density at radius 2 is 2.12 bits per heavy atom. The molecule has 1 fully saturated rings. The molecular weight excluding hydrogens is 206 g/mol. The average Bonchev–Trinajstić information content (AvgIpc) is 2.16. The number of hydrogen-bond donors (Lipinski definition) is 0. The van der Waals surface area contributed by atoms with Crippen molar-refractivity contribution in [3.63, 3.8) is 0 Å². The van der Waals surface area contributed by atoms with E-state index in [0.717, 1.165) is 24.7 Å². The molecule has 0 N–H and O–H groups in total. The van der Waals surface area contributed by atoms with Crippen molar-refractivity contribution in [2.45, 2.75) is 39.2 Å². The first-order chi connectivity index (χ1) is 7.42. The van der Waals surface area contributed by atoms with E-state index >= 15 is 0 Å². The summed E-state index contributed by atoms with van der Waals surface area (Å²) in [4.78, 5) is 23.8. The van der Waals surface area contributed by atoms with Gasteiger partial charge in [0, 0.05) is 13.1 Å². The van der Waals surface area contributed by atoms with Crippen LogP contribution in [0.2, 0.25) is 0 Å². The lowest BCUT2D eigenvalue weighted by Crippen LogP contribution is -2.40. The minimum Gasteiger partial charge on any atom is -0.444 e. The minimum absolute atomic E-state index is 0.302. The molecule has 0 unspecified atom stereocenters. The van der Waals surface area contributed by atoms with Gasteiger partial charge in [-0.15, -0.1) is 0 Å². The fourth-order valence-electron chi connectivity index (χ4n) is 1.61. The molecule has 4 heteroatoms. The molecule has 16 heavy (non-hydrogen) atoms. The molecule has 4 nitrogen and oxygen atoms in total. The van der Waals surface area contributed by atoms with Crippen molar-refractivity contribution in [2.24, 2.45) is 0 Å². The monoisotopic (exact) mass is 225 g/mol. The Labute approximate surface area is 96.3 Å². The molecule has 0 spiro atoms. The number of ether oxygens (including phenoxy) is 1. The number of aldehydes is 1. The summed E-state index contributed by atoms with van der Waals surface area (Å²) >= 11 is 0. The number of amides is 1. The highest BCUT2D eigenvalue weighted by Crippen LogP contribution is 2.18. The lowest BCUT2D eigenvalue weighted by molar-refractivity contribution is -0.104. The Bertz CT molecular complexity index is 302. The number of hydrogen-bond acceptors (Lipinski definition) is 3. The summed E-state index contributed by atoms with van der Waals surface area (Å²) in [5, 5.41) is 0. The van der Waals surface area contributed by atoms with Crippen molar-refractivity contribution >= 4 is 12.4 Å². The highest BCUT2D eigenvalue weighted by atomic mass is 16.6. The molecule has 1 heterocycles. The Morgan fingerprint density at radius 1 is 1.44 bits per heavy atom. The van der Waals surface area contributed by atoms with Crippen LogP contribution in [0.5, 0.6) is 0 Å². The van der Waals surface area contributed by atoms with E-state index in [1.54, 1.807) is 4.90 Å².